The van der Waals surface area contributed by atoms with Gasteiger partial charge >= 0.3 is 0 Å². The van der Waals surface area contributed by atoms with Gasteiger partial charge in [0.25, 0.3) is 0 Å². The van der Waals surface area contributed by atoms with Crippen LogP contribution >= 0.6 is 0 Å². The largest absolute Gasteiger partial charge is 0.299 e. The molecule has 0 aliphatic carbocycles. The van der Waals surface area contributed by atoms with Crippen molar-refractivity contribution in [1.82, 2.24) is 4.90 Å². The normalized spacial score (nSPS) is 17.7. The Morgan fingerprint density at radius 3 is 2.19 bits per heavy atom. The van der Waals surface area contributed by atoms with Crippen LogP contribution in [0, 0.1) is 20.8 Å². The van der Waals surface area contributed by atoms with Crippen molar-refractivity contribution >= 4 is 0 Å². The fraction of sp³-hybridized carbons (Fsp3) is 0.600. The van der Waals surface area contributed by atoms with Crippen molar-refractivity contribution in [3.8, 4) is 0 Å². The van der Waals surface area contributed by atoms with Gasteiger partial charge in [-0.3, -0.25) is 4.90 Å². The van der Waals surface area contributed by atoms with E-state index in [4.69, 9.17) is 0 Å². The summed E-state index contributed by atoms with van der Waals surface area (Å²) in [6, 6.07) is 4.70. The number of aryl methyl sites for hydroxylation is 3. The standard InChI is InChI=1S/C15H23N/c1-12-9-14(3)15(10-13(12)2)11-16-7-5-4-6-8-16/h9-10H,4-8,11H2,1-3H3. The smallest absolute Gasteiger partial charge is 0.0236 e. The van der Waals surface area contributed by atoms with Gasteiger partial charge in [-0.05, 0) is 69.0 Å². The molecule has 1 fully saturated rings. The number of nitrogens with zero attached hydrogens (tertiary/aromatic N) is 1. The van der Waals surface area contributed by atoms with Crippen LogP contribution in [0.15, 0.2) is 12.1 Å². The van der Waals surface area contributed by atoms with Crippen LogP contribution in [0.25, 0.3) is 0 Å². The molecule has 16 heavy (non-hydrogen) atoms. The van der Waals surface area contributed by atoms with Crippen LogP contribution in [0.4, 0.5) is 0 Å². The summed E-state index contributed by atoms with van der Waals surface area (Å²) in [5, 5.41) is 0. The third-order valence-electron chi connectivity index (χ3n) is 3.79. The number of hydrogen-bond acceptors (Lipinski definition) is 1. The third kappa shape index (κ3) is 2.65. The molecule has 2 rings (SSSR count). The first-order valence-electron chi connectivity index (χ1n) is 6.46. The molecular formula is C15H23N. The van der Waals surface area contributed by atoms with Crippen molar-refractivity contribution in [2.24, 2.45) is 0 Å². The van der Waals surface area contributed by atoms with Crippen LogP contribution in [0.1, 0.15) is 41.5 Å². The molecule has 1 aliphatic rings. The molecule has 0 atom stereocenters. The van der Waals surface area contributed by atoms with Gasteiger partial charge < -0.3 is 0 Å². The molecule has 0 aromatic heterocycles. The summed E-state index contributed by atoms with van der Waals surface area (Å²) in [6.45, 7) is 10.4. The van der Waals surface area contributed by atoms with E-state index < -0.39 is 0 Å². The van der Waals surface area contributed by atoms with Crippen molar-refractivity contribution in [2.75, 3.05) is 13.1 Å². The number of benzene rings is 1. The van der Waals surface area contributed by atoms with Crippen LogP contribution in [-0.4, -0.2) is 18.0 Å². The zero-order valence-corrected chi connectivity index (χ0v) is 10.8. The van der Waals surface area contributed by atoms with E-state index in [-0.39, 0.29) is 0 Å². The van der Waals surface area contributed by atoms with Crippen LogP contribution in [0.3, 0.4) is 0 Å². The highest BCUT2D eigenvalue weighted by atomic mass is 15.1. The molecule has 1 aromatic rings. The lowest BCUT2D eigenvalue weighted by Crippen LogP contribution is -2.29. The molecular weight excluding hydrogens is 194 g/mol. The van der Waals surface area contributed by atoms with E-state index in [0.717, 1.165) is 6.54 Å². The first-order chi connectivity index (χ1) is 7.66. The molecule has 1 aromatic carbocycles. The van der Waals surface area contributed by atoms with Crippen molar-refractivity contribution in [2.45, 2.75) is 46.6 Å². The van der Waals surface area contributed by atoms with E-state index in [0.29, 0.717) is 0 Å². The molecule has 0 N–H and O–H groups in total. The first-order valence-corrected chi connectivity index (χ1v) is 6.46. The average Bonchev–Trinajstić information content (AvgIpc) is 2.27. The minimum Gasteiger partial charge on any atom is -0.299 e. The minimum atomic E-state index is 1.15. The minimum absolute atomic E-state index is 1.15. The van der Waals surface area contributed by atoms with Crippen LogP contribution in [0.5, 0.6) is 0 Å². The molecule has 1 heteroatoms. The van der Waals surface area contributed by atoms with Crippen LogP contribution in [0.2, 0.25) is 0 Å². The molecule has 0 amide bonds. The van der Waals surface area contributed by atoms with Gasteiger partial charge in [-0.15, -0.1) is 0 Å². The van der Waals surface area contributed by atoms with Gasteiger partial charge in [-0.25, -0.2) is 0 Å². The Balaban J connectivity index is 2.11. The van der Waals surface area contributed by atoms with Crippen LogP contribution < -0.4 is 0 Å². The molecule has 1 nitrogen and oxygen atoms in total. The number of likely N-dealkylation sites (tertiary alicyclic amines) is 1. The van der Waals surface area contributed by atoms with Crippen LogP contribution in [-0.2, 0) is 6.54 Å². The van der Waals surface area contributed by atoms with Crippen molar-refractivity contribution in [3.63, 3.8) is 0 Å². The lowest BCUT2D eigenvalue weighted by molar-refractivity contribution is 0.220. The SMILES string of the molecule is Cc1cc(C)c(CN2CCCCC2)cc1C. The quantitative estimate of drug-likeness (QED) is 0.731. The van der Waals surface area contributed by atoms with E-state index in [9.17, 15) is 0 Å². The van der Waals surface area contributed by atoms with Crippen molar-refractivity contribution in [1.29, 1.82) is 0 Å². The zero-order chi connectivity index (χ0) is 11.5. The van der Waals surface area contributed by atoms with E-state index in [1.165, 1.54) is 54.6 Å². The highest BCUT2D eigenvalue weighted by Gasteiger charge is 2.11. The number of hydrogen-bond donors (Lipinski definition) is 0. The third-order valence-corrected chi connectivity index (χ3v) is 3.79. The second-order valence-corrected chi connectivity index (χ2v) is 5.20. The molecule has 1 heterocycles. The maximum absolute atomic E-state index is 2.60. The van der Waals surface area contributed by atoms with E-state index in [1.54, 1.807) is 0 Å². The molecule has 0 unspecified atom stereocenters. The Morgan fingerprint density at radius 1 is 0.875 bits per heavy atom. The second kappa shape index (κ2) is 5.01. The van der Waals surface area contributed by atoms with E-state index in [1.807, 2.05) is 0 Å². The lowest BCUT2D eigenvalue weighted by atomic mass is 10.00. The van der Waals surface area contributed by atoms with Gasteiger partial charge in [0.15, 0.2) is 0 Å². The second-order valence-electron chi connectivity index (χ2n) is 5.20. The van der Waals surface area contributed by atoms with E-state index >= 15 is 0 Å². The Morgan fingerprint density at radius 2 is 1.50 bits per heavy atom. The fourth-order valence-corrected chi connectivity index (χ4v) is 2.55. The summed E-state index contributed by atoms with van der Waals surface area (Å²) in [5.41, 5.74) is 5.82. The van der Waals surface area contributed by atoms with Gasteiger partial charge in [0.05, 0.1) is 0 Å². The Hall–Kier alpha value is -0.820. The summed E-state index contributed by atoms with van der Waals surface area (Å²) in [4.78, 5) is 2.60. The summed E-state index contributed by atoms with van der Waals surface area (Å²) in [6.07, 6.45) is 4.18. The highest BCUT2D eigenvalue weighted by molar-refractivity contribution is 5.36. The molecule has 0 radical (unpaired) electrons. The molecule has 88 valence electrons. The number of rotatable bonds is 2. The lowest BCUT2D eigenvalue weighted by Gasteiger charge is -2.27. The zero-order valence-electron chi connectivity index (χ0n) is 10.8. The highest BCUT2D eigenvalue weighted by Crippen LogP contribution is 2.19. The van der Waals surface area contributed by atoms with Crippen molar-refractivity contribution in [3.05, 3.63) is 34.4 Å². The van der Waals surface area contributed by atoms with Gasteiger partial charge in [0.1, 0.15) is 0 Å². The summed E-state index contributed by atoms with van der Waals surface area (Å²) in [5.74, 6) is 0. The average molecular weight is 217 g/mol. The molecule has 1 saturated heterocycles. The predicted molar refractivity (Wildman–Crippen MR) is 69.8 cm³/mol. The van der Waals surface area contributed by atoms with Gasteiger partial charge in [0.2, 0.25) is 0 Å². The van der Waals surface area contributed by atoms with E-state index in [2.05, 4.69) is 37.8 Å². The Labute approximate surface area is 99.5 Å². The monoisotopic (exact) mass is 217 g/mol. The molecule has 1 aliphatic heterocycles. The molecule has 0 bridgehead atoms. The van der Waals surface area contributed by atoms with Gasteiger partial charge in [-0.2, -0.15) is 0 Å². The Bertz CT molecular complexity index is 362. The first kappa shape index (κ1) is 11.7. The summed E-state index contributed by atoms with van der Waals surface area (Å²) >= 11 is 0. The maximum Gasteiger partial charge on any atom is 0.0236 e. The summed E-state index contributed by atoms with van der Waals surface area (Å²) in [7, 11) is 0. The number of piperidine rings is 1. The molecule has 0 saturated carbocycles. The fourth-order valence-electron chi connectivity index (χ4n) is 2.55. The topological polar surface area (TPSA) is 3.24 Å². The summed E-state index contributed by atoms with van der Waals surface area (Å²) < 4.78 is 0. The van der Waals surface area contributed by atoms with Crippen molar-refractivity contribution < 1.29 is 0 Å². The molecule has 0 spiro atoms. The predicted octanol–water partition coefficient (Wildman–Crippen LogP) is 3.60. The van der Waals surface area contributed by atoms with Gasteiger partial charge in [-0.1, -0.05) is 18.6 Å². The maximum atomic E-state index is 2.60. The Kier molecular flexibility index (Phi) is 3.65. The van der Waals surface area contributed by atoms with Gasteiger partial charge in [0, 0.05) is 6.54 Å².